The first-order valence-electron chi connectivity index (χ1n) is 9.56. The van der Waals surface area contributed by atoms with Crippen LogP contribution in [-0.4, -0.2) is 28.6 Å². The molecule has 1 N–H and O–H groups in total. The van der Waals surface area contributed by atoms with Crippen molar-refractivity contribution in [1.29, 1.82) is 0 Å². The Morgan fingerprint density at radius 1 is 1.04 bits per heavy atom. The van der Waals surface area contributed by atoms with Gasteiger partial charge in [0.05, 0.1) is 23.8 Å². The molecule has 146 valence electrons. The van der Waals surface area contributed by atoms with Crippen LogP contribution in [0.1, 0.15) is 24.8 Å². The third-order valence-electron chi connectivity index (χ3n) is 4.43. The van der Waals surface area contributed by atoms with Gasteiger partial charge in [-0.1, -0.05) is 42.5 Å². The Labute approximate surface area is 164 Å². The number of hydrogen-bond donors (Lipinski definition) is 1. The highest BCUT2D eigenvalue weighted by molar-refractivity contribution is 5.77. The van der Waals surface area contributed by atoms with Crippen molar-refractivity contribution in [3.63, 3.8) is 0 Å². The third-order valence-corrected chi connectivity index (χ3v) is 4.43. The molecule has 0 unspecified atom stereocenters. The molecule has 6 heteroatoms. The number of para-hydroxylation sites is 1. The largest absolute Gasteiger partial charge is 0.377 e. The highest BCUT2D eigenvalue weighted by atomic mass is 16.5. The molecular weight excluding hydrogens is 354 g/mol. The average Bonchev–Trinajstić information content (AvgIpc) is 2.73. The number of fused-ring (bicyclic) bond motifs is 1. The van der Waals surface area contributed by atoms with E-state index in [0.29, 0.717) is 50.0 Å². The molecule has 0 aliphatic carbocycles. The van der Waals surface area contributed by atoms with Crippen molar-refractivity contribution < 1.29 is 9.53 Å². The number of nitrogens with zero attached hydrogens (tertiary/aromatic N) is 2. The van der Waals surface area contributed by atoms with Gasteiger partial charge in [-0.25, -0.2) is 4.98 Å². The summed E-state index contributed by atoms with van der Waals surface area (Å²) in [6.45, 7) is 2.26. The Balaban J connectivity index is 1.31. The second-order valence-corrected chi connectivity index (χ2v) is 6.61. The lowest BCUT2D eigenvalue weighted by Gasteiger charge is -2.08. The van der Waals surface area contributed by atoms with E-state index in [2.05, 4.69) is 10.3 Å². The molecule has 3 rings (SSSR count). The van der Waals surface area contributed by atoms with Gasteiger partial charge >= 0.3 is 0 Å². The lowest BCUT2D eigenvalue weighted by atomic mass is 10.2. The number of benzene rings is 2. The zero-order valence-corrected chi connectivity index (χ0v) is 15.8. The van der Waals surface area contributed by atoms with Gasteiger partial charge < -0.3 is 10.1 Å². The van der Waals surface area contributed by atoms with Gasteiger partial charge in [-0.05, 0) is 30.5 Å². The van der Waals surface area contributed by atoms with E-state index in [1.807, 2.05) is 48.5 Å². The maximum atomic E-state index is 12.4. The summed E-state index contributed by atoms with van der Waals surface area (Å²) < 4.78 is 7.16. The van der Waals surface area contributed by atoms with E-state index in [-0.39, 0.29) is 11.5 Å². The van der Waals surface area contributed by atoms with Crippen LogP contribution in [0.15, 0.2) is 65.7 Å². The van der Waals surface area contributed by atoms with Gasteiger partial charge in [-0.15, -0.1) is 0 Å². The Kier molecular flexibility index (Phi) is 7.32. The van der Waals surface area contributed by atoms with Crippen LogP contribution < -0.4 is 10.9 Å². The van der Waals surface area contributed by atoms with Crippen LogP contribution in [-0.2, 0) is 22.7 Å². The van der Waals surface area contributed by atoms with Crippen molar-refractivity contribution in [2.75, 3.05) is 13.2 Å². The zero-order valence-electron chi connectivity index (χ0n) is 15.8. The normalized spacial score (nSPS) is 10.9. The van der Waals surface area contributed by atoms with Crippen LogP contribution in [0.2, 0.25) is 0 Å². The van der Waals surface area contributed by atoms with Gasteiger partial charge in [-0.3, -0.25) is 14.2 Å². The number of rotatable bonds is 10. The Morgan fingerprint density at radius 3 is 2.68 bits per heavy atom. The van der Waals surface area contributed by atoms with Gasteiger partial charge in [0.15, 0.2) is 0 Å². The van der Waals surface area contributed by atoms with Crippen molar-refractivity contribution in [3.05, 3.63) is 76.8 Å². The van der Waals surface area contributed by atoms with Gasteiger partial charge in [0.25, 0.3) is 5.56 Å². The maximum Gasteiger partial charge on any atom is 0.261 e. The molecule has 2 aromatic carbocycles. The Hall–Kier alpha value is -2.99. The van der Waals surface area contributed by atoms with Gasteiger partial charge in [0.1, 0.15) is 0 Å². The molecule has 1 amide bonds. The quantitative estimate of drug-likeness (QED) is 0.550. The predicted molar refractivity (Wildman–Crippen MR) is 109 cm³/mol. The summed E-state index contributed by atoms with van der Waals surface area (Å²) >= 11 is 0. The minimum absolute atomic E-state index is 0.00939. The molecule has 3 aromatic rings. The number of aryl methyl sites for hydroxylation is 1. The first-order chi connectivity index (χ1) is 13.7. The average molecular weight is 379 g/mol. The minimum Gasteiger partial charge on any atom is -0.377 e. The van der Waals surface area contributed by atoms with E-state index < -0.39 is 0 Å². The zero-order chi connectivity index (χ0) is 19.6. The molecule has 0 bridgehead atoms. The van der Waals surface area contributed by atoms with Gasteiger partial charge in [0.2, 0.25) is 5.91 Å². The van der Waals surface area contributed by atoms with Crippen LogP contribution >= 0.6 is 0 Å². The number of aromatic nitrogens is 2. The lowest BCUT2D eigenvalue weighted by Crippen LogP contribution is -2.26. The van der Waals surface area contributed by atoms with Crippen molar-refractivity contribution in [2.45, 2.75) is 32.4 Å². The monoisotopic (exact) mass is 379 g/mol. The standard InChI is InChI=1S/C22H25N3O3/c26-21(23-13-7-15-28-16-18-8-2-1-3-9-18)12-6-14-25-17-24-20-11-5-4-10-19(20)22(25)27/h1-5,8-11,17H,6-7,12-16H2,(H,23,26). The Bertz CT molecular complexity index is 954. The highest BCUT2D eigenvalue weighted by Crippen LogP contribution is 2.05. The molecule has 1 aromatic heterocycles. The van der Waals surface area contributed by atoms with Crippen molar-refractivity contribution in [2.24, 2.45) is 0 Å². The first kappa shape index (κ1) is 19.8. The molecule has 0 aliphatic heterocycles. The summed E-state index contributed by atoms with van der Waals surface area (Å²) in [5.74, 6) is -0.00939. The van der Waals surface area contributed by atoms with E-state index in [9.17, 15) is 9.59 Å². The SMILES string of the molecule is O=C(CCCn1cnc2ccccc2c1=O)NCCCOCc1ccccc1. The second-order valence-electron chi connectivity index (χ2n) is 6.61. The summed E-state index contributed by atoms with van der Waals surface area (Å²) in [5.41, 5.74) is 1.77. The number of carbonyl (C=O) groups excluding carboxylic acids is 1. The molecular formula is C22H25N3O3. The summed E-state index contributed by atoms with van der Waals surface area (Å²) in [7, 11) is 0. The maximum absolute atomic E-state index is 12.4. The fourth-order valence-corrected chi connectivity index (χ4v) is 2.93. The number of amides is 1. The highest BCUT2D eigenvalue weighted by Gasteiger charge is 2.05. The minimum atomic E-state index is -0.0680. The van der Waals surface area contributed by atoms with Crippen molar-refractivity contribution in [3.8, 4) is 0 Å². The van der Waals surface area contributed by atoms with E-state index in [1.165, 1.54) is 0 Å². The van der Waals surface area contributed by atoms with Crippen LogP contribution in [0.4, 0.5) is 0 Å². The summed E-state index contributed by atoms with van der Waals surface area (Å²) in [6.07, 6.45) is 3.29. The first-order valence-corrected chi connectivity index (χ1v) is 9.56. The topological polar surface area (TPSA) is 73.2 Å². The van der Waals surface area contributed by atoms with E-state index >= 15 is 0 Å². The summed E-state index contributed by atoms with van der Waals surface area (Å²) in [5, 5.41) is 3.49. The van der Waals surface area contributed by atoms with E-state index in [1.54, 1.807) is 17.0 Å². The summed E-state index contributed by atoms with van der Waals surface area (Å²) in [4.78, 5) is 28.6. The van der Waals surface area contributed by atoms with Gasteiger partial charge in [0, 0.05) is 26.1 Å². The molecule has 0 radical (unpaired) electrons. The molecule has 1 heterocycles. The molecule has 0 atom stereocenters. The second kappa shape index (κ2) is 10.4. The van der Waals surface area contributed by atoms with E-state index in [4.69, 9.17) is 4.74 Å². The fourth-order valence-electron chi connectivity index (χ4n) is 2.93. The van der Waals surface area contributed by atoms with Crippen LogP contribution in [0.5, 0.6) is 0 Å². The fraction of sp³-hybridized carbons (Fsp3) is 0.318. The van der Waals surface area contributed by atoms with E-state index in [0.717, 1.165) is 12.0 Å². The van der Waals surface area contributed by atoms with Crippen LogP contribution in [0, 0.1) is 0 Å². The Morgan fingerprint density at radius 2 is 1.82 bits per heavy atom. The van der Waals surface area contributed by atoms with Crippen LogP contribution in [0.3, 0.4) is 0 Å². The van der Waals surface area contributed by atoms with Crippen LogP contribution in [0.25, 0.3) is 10.9 Å². The molecule has 0 fully saturated rings. The smallest absolute Gasteiger partial charge is 0.261 e. The molecule has 28 heavy (non-hydrogen) atoms. The van der Waals surface area contributed by atoms with Crippen molar-refractivity contribution >= 4 is 16.8 Å². The summed E-state index contributed by atoms with van der Waals surface area (Å²) in [6, 6.07) is 17.3. The number of ether oxygens (including phenoxy) is 1. The third kappa shape index (κ3) is 5.76. The number of hydrogen-bond acceptors (Lipinski definition) is 4. The lowest BCUT2D eigenvalue weighted by molar-refractivity contribution is -0.121. The molecule has 0 spiro atoms. The molecule has 6 nitrogen and oxygen atoms in total. The van der Waals surface area contributed by atoms with Gasteiger partial charge in [-0.2, -0.15) is 0 Å². The number of carbonyl (C=O) groups is 1. The van der Waals surface area contributed by atoms with Crippen molar-refractivity contribution in [1.82, 2.24) is 14.9 Å². The molecule has 0 saturated heterocycles. The molecule has 0 saturated carbocycles. The molecule has 0 aliphatic rings. The predicted octanol–water partition coefficient (Wildman–Crippen LogP) is 2.90. The number of nitrogens with one attached hydrogen (secondary N) is 1.